The van der Waals surface area contributed by atoms with Crippen molar-refractivity contribution in [2.75, 3.05) is 13.1 Å². The fourth-order valence-electron chi connectivity index (χ4n) is 3.20. The average molecular weight is 235 g/mol. The Labute approximate surface area is 105 Å². The van der Waals surface area contributed by atoms with Crippen molar-refractivity contribution >= 4 is 5.96 Å². The van der Waals surface area contributed by atoms with Crippen molar-refractivity contribution in [1.29, 1.82) is 0 Å². The zero-order valence-electron chi connectivity index (χ0n) is 11.2. The van der Waals surface area contributed by atoms with Gasteiger partial charge < -0.3 is 10.6 Å². The van der Waals surface area contributed by atoms with Gasteiger partial charge in [-0.1, -0.05) is 26.3 Å². The minimum absolute atomic E-state index is 0.187. The Hall–Kier alpha value is -0.990. The van der Waals surface area contributed by atoms with Crippen LogP contribution in [0, 0.1) is 5.41 Å². The van der Waals surface area contributed by atoms with Gasteiger partial charge in [0.1, 0.15) is 0 Å². The van der Waals surface area contributed by atoms with Crippen molar-refractivity contribution in [2.45, 2.75) is 51.5 Å². The molecule has 1 spiro atoms. The van der Waals surface area contributed by atoms with E-state index in [9.17, 15) is 0 Å². The summed E-state index contributed by atoms with van der Waals surface area (Å²) in [4.78, 5) is 6.75. The molecule has 0 radical (unpaired) electrons. The molecule has 1 aliphatic carbocycles. The molecule has 0 saturated heterocycles. The second-order valence-corrected chi connectivity index (χ2v) is 6.32. The smallest absolute Gasteiger partial charge is 0.192 e. The van der Waals surface area contributed by atoms with Crippen LogP contribution in [0.2, 0.25) is 0 Å². The molecule has 3 nitrogen and oxygen atoms in total. The minimum Gasteiger partial charge on any atom is -0.370 e. The second-order valence-electron chi connectivity index (χ2n) is 6.32. The Bertz CT molecular complexity index is 332. The third-order valence-corrected chi connectivity index (χ3v) is 4.46. The Morgan fingerprint density at radius 2 is 2.12 bits per heavy atom. The van der Waals surface area contributed by atoms with Crippen molar-refractivity contribution in [1.82, 2.24) is 4.90 Å². The molecule has 0 amide bonds. The molecule has 96 valence electrons. The first-order valence-electron chi connectivity index (χ1n) is 6.68. The number of guanidine groups is 1. The molecule has 17 heavy (non-hydrogen) atoms. The Morgan fingerprint density at radius 1 is 1.35 bits per heavy atom. The highest BCUT2D eigenvalue weighted by atomic mass is 15.4. The molecule has 1 fully saturated rings. The van der Waals surface area contributed by atoms with E-state index >= 15 is 0 Å². The molecule has 1 atom stereocenters. The summed E-state index contributed by atoms with van der Waals surface area (Å²) < 4.78 is 0. The van der Waals surface area contributed by atoms with Crippen LogP contribution in [0.3, 0.4) is 0 Å². The van der Waals surface area contributed by atoms with E-state index in [4.69, 9.17) is 5.73 Å². The van der Waals surface area contributed by atoms with Crippen LogP contribution in [0.25, 0.3) is 0 Å². The SMILES string of the molecule is C=CCN1C(N)=NCC12CCCC(C)(C)CC2. The highest BCUT2D eigenvalue weighted by molar-refractivity contribution is 5.81. The van der Waals surface area contributed by atoms with Gasteiger partial charge in [-0.05, 0) is 31.1 Å². The fraction of sp³-hybridized carbons (Fsp3) is 0.786. The molecule has 2 aliphatic rings. The Morgan fingerprint density at radius 3 is 2.82 bits per heavy atom. The van der Waals surface area contributed by atoms with E-state index in [0.717, 1.165) is 13.1 Å². The number of hydrogen-bond donors (Lipinski definition) is 1. The number of aliphatic imine (C=N–C) groups is 1. The monoisotopic (exact) mass is 235 g/mol. The summed E-state index contributed by atoms with van der Waals surface area (Å²) in [5.41, 5.74) is 6.68. The van der Waals surface area contributed by atoms with Crippen molar-refractivity contribution in [3.05, 3.63) is 12.7 Å². The molecule has 1 unspecified atom stereocenters. The molecular weight excluding hydrogens is 210 g/mol. The predicted molar refractivity (Wildman–Crippen MR) is 73.0 cm³/mol. The summed E-state index contributed by atoms with van der Waals surface area (Å²) in [7, 11) is 0. The van der Waals surface area contributed by atoms with E-state index in [1.54, 1.807) is 0 Å². The van der Waals surface area contributed by atoms with Crippen LogP contribution in [-0.2, 0) is 0 Å². The van der Waals surface area contributed by atoms with Crippen LogP contribution < -0.4 is 5.73 Å². The number of rotatable bonds is 2. The first-order valence-corrected chi connectivity index (χ1v) is 6.68. The van der Waals surface area contributed by atoms with E-state index < -0.39 is 0 Å². The minimum atomic E-state index is 0.187. The molecule has 0 bridgehead atoms. The molecule has 1 saturated carbocycles. The van der Waals surface area contributed by atoms with Gasteiger partial charge in [0.05, 0.1) is 12.1 Å². The second kappa shape index (κ2) is 4.35. The number of nitrogens with zero attached hydrogens (tertiary/aromatic N) is 2. The maximum absolute atomic E-state index is 6.02. The maximum atomic E-state index is 6.02. The summed E-state index contributed by atoms with van der Waals surface area (Å²) in [5, 5.41) is 0. The van der Waals surface area contributed by atoms with Gasteiger partial charge in [-0.3, -0.25) is 4.99 Å². The zero-order valence-corrected chi connectivity index (χ0v) is 11.2. The van der Waals surface area contributed by atoms with Crippen molar-refractivity contribution < 1.29 is 0 Å². The lowest BCUT2D eigenvalue weighted by atomic mass is 9.83. The lowest BCUT2D eigenvalue weighted by Crippen LogP contribution is -2.51. The highest BCUT2D eigenvalue weighted by Crippen LogP contribution is 2.42. The third-order valence-electron chi connectivity index (χ3n) is 4.46. The number of hydrogen-bond acceptors (Lipinski definition) is 3. The van der Waals surface area contributed by atoms with Crippen LogP contribution in [0.5, 0.6) is 0 Å². The Kier molecular flexibility index (Phi) is 3.19. The van der Waals surface area contributed by atoms with Gasteiger partial charge in [0.25, 0.3) is 0 Å². The van der Waals surface area contributed by atoms with E-state index in [1.165, 1.54) is 32.1 Å². The predicted octanol–water partition coefficient (Wildman–Crippen LogP) is 2.53. The summed E-state index contributed by atoms with van der Waals surface area (Å²) in [6.07, 6.45) is 8.22. The quantitative estimate of drug-likeness (QED) is 0.747. The Balaban J connectivity index is 2.16. The lowest BCUT2D eigenvalue weighted by Gasteiger charge is -2.38. The van der Waals surface area contributed by atoms with Crippen LogP contribution >= 0.6 is 0 Å². The highest BCUT2D eigenvalue weighted by Gasteiger charge is 2.43. The van der Waals surface area contributed by atoms with E-state index in [0.29, 0.717) is 11.4 Å². The van der Waals surface area contributed by atoms with Crippen LogP contribution in [0.1, 0.15) is 46.0 Å². The van der Waals surface area contributed by atoms with Crippen molar-refractivity contribution in [3.8, 4) is 0 Å². The van der Waals surface area contributed by atoms with Crippen LogP contribution in [0.15, 0.2) is 17.6 Å². The van der Waals surface area contributed by atoms with Crippen molar-refractivity contribution in [2.24, 2.45) is 16.1 Å². The first kappa shape index (κ1) is 12.5. The standard InChI is InChI=1S/C14H25N3/c1-4-10-17-12(15)16-11-14(17)7-5-6-13(2,3)8-9-14/h4H,1,5-11H2,2-3H3,(H2,15,16). The summed E-state index contributed by atoms with van der Waals surface area (Å²) in [6.45, 7) is 10.3. The molecule has 1 aliphatic heterocycles. The third kappa shape index (κ3) is 2.33. The van der Waals surface area contributed by atoms with Gasteiger partial charge in [-0.2, -0.15) is 0 Å². The molecule has 0 aromatic carbocycles. The summed E-state index contributed by atoms with van der Waals surface area (Å²) >= 11 is 0. The van der Waals surface area contributed by atoms with Crippen LogP contribution in [0.4, 0.5) is 0 Å². The largest absolute Gasteiger partial charge is 0.370 e. The molecule has 0 aromatic heterocycles. The van der Waals surface area contributed by atoms with Gasteiger partial charge in [0.2, 0.25) is 0 Å². The molecule has 2 rings (SSSR count). The molecule has 3 heteroatoms. The van der Waals surface area contributed by atoms with Crippen molar-refractivity contribution in [3.63, 3.8) is 0 Å². The van der Waals surface area contributed by atoms with E-state index in [-0.39, 0.29) is 5.54 Å². The molecular formula is C14H25N3. The van der Waals surface area contributed by atoms with E-state index in [1.807, 2.05) is 6.08 Å². The zero-order chi connectivity index (χ0) is 12.5. The van der Waals surface area contributed by atoms with Gasteiger partial charge in [0.15, 0.2) is 5.96 Å². The molecule has 2 N–H and O–H groups in total. The summed E-state index contributed by atoms with van der Waals surface area (Å²) in [5.74, 6) is 0.713. The molecule has 1 heterocycles. The van der Waals surface area contributed by atoms with Gasteiger partial charge in [0, 0.05) is 6.54 Å². The first-order chi connectivity index (χ1) is 7.99. The molecule has 0 aromatic rings. The topological polar surface area (TPSA) is 41.6 Å². The maximum Gasteiger partial charge on any atom is 0.192 e. The van der Waals surface area contributed by atoms with E-state index in [2.05, 4.69) is 30.3 Å². The fourth-order valence-corrected chi connectivity index (χ4v) is 3.20. The lowest BCUT2D eigenvalue weighted by molar-refractivity contribution is 0.181. The normalized spacial score (nSPS) is 32.4. The summed E-state index contributed by atoms with van der Waals surface area (Å²) in [6, 6.07) is 0. The van der Waals surface area contributed by atoms with Gasteiger partial charge in [-0.25, -0.2) is 0 Å². The number of nitrogens with two attached hydrogens (primary N) is 1. The van der Waals surface area contributed by atoms with Gasteiger partial charge in [-0.15, -0.1) is 6.58 Å². The van der Waals surface area contributed by atoms with Gasteiger partial charge >= 0.3 is 0 Å². The average Bonchev–Trinajstić information content (AvgIpc) is 2.48. The van der Waals surface area contributed by atoms with Crippen LogP contribution in [-0.4, -0.2) is 29.5 Å².